The summed E-state index contributed by atoms with van der Waals surface area (Å²) in [6, 6.07) is 2.01. The van der Waals surface area contributed by atoms with Crippen LogP contribution in [-0.2, 0) is 20.0 Å². The molecule has 0 saturated carbocycles. The molecule has 1 unspecified atom stereocenters. The first-order valence-electron chi connectivity index (χ1n) is 5.88. The van der Waals surface area contributed by atoms with Crippen LogP contribution >= 0.6 is 0 Å². The zero-order valence-electron chi connectivity index (χ0n) is 10.2. The smallest absolute Gasteiger partial charge is 0.0817 e. The summed E-state index contributed by atoms with van der Waals surface area (Å²) in [5.74, 6) is 0. The van der Waals surface area contributed by atoms with Gasteiger partial charge in [0, 0.05) is 43.7 Å². The largest absolute Gasteiger partial charge is 0.388 e. The van der Waals surface area contributed by atoms with Crippen molar-refractivity contribution in [3.8, 4) is 0 Å². The Labute approximate surface area is 101 Å². The van der Waals surface area contributed by atoms with Gasteiger partial charge in [-0.1, -0.05) is 6.92 Å². The van der Waals surface area contributed by atoms with Crippen LogP contribution in [0.25, 0.3) is 0 Å². The second-order valence-corrected chi connectivity index (χ2v) is 4.16. The molecule has 0 aromatic carbocycles. The fourth-order valence-corrected chi connectivity index (χ4v) is 1.79. The third-order valence-corrected chi connectivity index (χ3v) is 2.94. The van der Waals surface area contributed by atoms with Crippen LogP contribution in [-0.4, -0.2) is 24.7 Å². The molecule has 2 aromatic heterocycles. The van der Waals surface area contributed by atoms with Crippen molar-refractivity contribution in [2.45, 2.75) is 32.4 Å². The van der Waals surface area contributed by atoms with E-state index in [9.17, 15) is 5.11 Å². The Hall–Kier alpha value is -1.62. The van der Waals surface area contributed by atoms with Crippen LogP contribution in [0.1, 0.15) is 30.7 Å². The van der Waals surface area contributed by atoms with Crippen molar-refractivity contribution >= 4 is 0 Å². The SMILES string of the molecule is CCC(O)c1cnn(CCc2ccnn2C)c1. The highest BCUT2D eigenvalue weighted by Crippen LogP contribution is 2.14. The first-order chi connectivity index (χ1) is 8.20. The van der Waals surface area contributed by atoms with E-state index in [2.05, 4.69) is 10.2 Å². The summed E-state index contributed by atoms with van der Waals surface area (Å²) in [6.45, 7) is 2.76. The average molecular weight is 234 g/mol. The van der Waals surface area contributed by atoms with Gasteiger partial charge in [0.05, 0.1) is 12.3 Å². The number of hydrogen-bond donors (Lipinski definition) is 1. The summed E-state index contributed by atoms with van der Waals surface area (Å²) in [4.78, 5) is 0. The fourth-order valence-electron chi connectivity index (χ4n) is 1.79. The molecule has 0 aliphatic heterocycles. The zero-order valence-corrected chi connectivity index (χ0v) is 10.2. The predicted molar refractivity (Wildman–Crippen MR) is 64.4 cm³/mol. The van der Waals surface area contributed by atoms with Crippen molar-refractivity contribution in [2.24, 2.45) is 7.05 Å². The van der Waals surface area contributed by atoms with E-state index in [0.29, 0.717) is 6.42 Å². The van der Waals surface area contributed by atoms with Crippen LogP contribution in [0.15, 0.2) is 24.7 Å². The first kappa shape index (κ1) is 11.9. The Balaban J connectivity index is 1.96. The van der Waals surface area contributed by atoms with E-state index < -0.39 is 6.10 Å². The van der Waals surface area contributed by atoms with Crippen LogP contribution in [0.4, 0.5) is 0 Å². The van der Waals surface area contributed by atoms with E-state index in [-0.39, 0.29) is 0 Å². The summed E-state index contributed by atoms with van der Waals surface area (Å²) < 4.78 is 3.73. The van der Waals surface area contributed by atoms with E-state index in [1.165, 1.54) is 5.69 Å². The Morgan fingerprint density at radius 3 is 2.88 bits per heavy atom. The van der Waals surface area contributed by atoms with E-state index in [1.807, 2.05) is 35.6 Å². The Kier molecular flexibility index (Phi) is 3.58. The van der Waals surface area contributed by atoms with Gasteiger partial charge in [-0.2, -0.15) is 10.2 Å². The molecule has 5 nitrogen and oxygen atoms in total. The molecule has 0 spiro atoms. The van der Waals surface area contributed by atoms with Crippen molar-refractivity contribution in [1.29, 1.82) is 0 Å². The zero-order chi connectivity index (χ0) is 12.3. The monoisotopic (exact) mass is 234 g/mol. The molecule has 0 saturated heterocycles. The average Bonchev–Trinajstić information content (AvgIpc) is 2.94. The maximum Gasteiger partial charge on any atom is 0.0817 e. The van der Waals surface area contributed by atoms with Gasteiger partial charge in [-0.25, -0.2) is 0 Å². The lowest BCUT2D eigenvalue weighted by molar-refractivity contribution is 0.173. The second-order valence-electron chi connectivity index (χ2n) is 4.16. The van der Waals surface area contributed by atoms with E-state index >= 15 is 0 Å². The van der Waals surface area contributed by atoms with Crippen molar-refractivity contribution in [1.82, 2.24) is 19.6 Å². The molecule has 0 aliphatic rings. The third kappa shape index (κ3) is 2.74. The minimum Gasteiger partial charge on any atom is -0.388 e. The third-order valence-electron chi connectivity index (χ3n) is 2.94. The molecular formula is C12H18N4O. The Bertz CT molecular complexity index is 474. The number of rotatable bonds is 5. The highest BCUT2D eigenvalue weighted by molar-refractivity contribution is 5.08. The molecule has 2 aromatic rings. The first-order valence-corrected chi connectivity index (χ1v) is 5.88. The van der Waals surface area contributed by atoms with Gasteiger partial charge in [-0.3, -0.25) is 9.36 Å². The van der Waals surface area contributed by atoms with Gasteiger partial charge < -0.3 is 5.11 Å². The molecule has 0 amide bonds. The normalized spacial score (nSPS) is 12.9. The molecule has 1 N–H and O–H groups in total. The van der Waals surface area contributed by atoms with E-state index in [4.69, 9.17) is 0 Å². The summed E-state index contributed by atoms with van der Waals surface area (Å²) in [5.41, 5.74) is 2.07. The molecule has 1 atom stereocenters. The van der Waals surface area contributed by atoms with Gasteiger partial charge in [-0.15, -0.1) is 0 Å². The maximum absolute atomic E-state index is 9.67. The van der Waals surface area contributed by atoms with Crippen LogP contribution < -0.4 is 0 Å². The fraction of sp³-hybridized carbons (Fsp3) is 0.500. The summed E-state index contributed by atoms with van der Waals surface area (Å²) in [7, 11) is 1.94. The lowest BCUT2D eigenvalue weighted by Crippen LogP contribution is -2.05. The van der Waals surface area contributed by atoms with Crippen LogP contribution in [0, 0.1) is 0 Å². The van der Waals surface area contributed by atoms with Gasteiger partial charge >= 0.3 is 0 Å². The van der Waals surface area contributed by atoms with Crippen LogP contribution in [0.2, 0.25) is 0 Å². The standard InChI is InChI=1S/C12H18N4O/c1-3-12(17)10-8-14-16(9-10)7-5-11-4-6-13-15(11)2/h4,6,8-9,12,17H,3,5,7H2,1-2H3. The van der Waals surface area contributed by atoms with Gasteiger partial charge in [0.2, 0.25) is 0 Å². The number of aliphatic hydroxyl groups excluding tert-OH is 1. The number of aryl methyl sites for hydroxylation is 3. The molecule has 2 rings (SSSR count). The lowest BCUT2D eigenvalue weighted by atomic mass is 10.2. The quantitative estimate of drug-likeness (QED) is 0.848. The highest BCUT2D eigenvalue weighted by Gasteiger charge is 2.07. The highest BCUT2D eigenvalue weighted by atomic mass is 16.3. The molecule has 0 bridgehead atoms. The van der Waals surface area contributed by atoms with Crippen molar-refractivity contribution in [3.05, 3.63) is 35.9 Å². The van der Waals surface area contributed by atoms with Gasteiger partial charge in [0.1, 0.15) is 0 Å². The van der Waals surface area contributed by atoms with Gasteiger partial charge in [0.15, 0.2) is 0 Å². The number of hydrogen-bond acceptors (Lipinski definition) is 3. The molecular weight excluding hydrogens is 216 g/mol. The van der Waals surface area contributed by atoms with E-state index in [0.717, 1.165) is 18.5 Å². The van der Waals surface area contributed by atoms with Crippen LogP contribution in [0.5, 0.6) is 0 Å². The van der Waals surface area contributed by atoms with Crippen molar-refractivity contribution in [2.75, 3.05) is 0 Å². The Morgan fingerprint density at radius 2 is 2.24 bits per heavy atom. The topological polar surface area (TPSA) is 55.9 Å². The summed E-state index contributed by atoms with van der Waals surface area (Å²) >= 11 is 0. The molecule has 92 valence electrons. The molecule has 5 heteroatoms. The van der Waals surface area contributed by atoms with Crippen molar-refractivity contribution in [3.63, 3.8) is 0 Å². The lowest BCUT2D eigenvalue weighted by Gasteiger charge is -2.04. The second kappa shape index (κ2) is 5.14. The number of aliphatic hydroxyl groups is 1. The van der Waals surface area contributed by atoms with Gasteiger partial charge in [0.25, 0.3) is 0 Å². The molecule has 2 heterocycles. The Morgan fingerprint density at radius 1 is 1.41 bits per heavy atom. The maximum atomic E-state index is 9.67. The minimum absolute atomic E-state index is 0.402. The molecule has 0 aliphatic carbocycles. The summed E-state index contributed by atoms with van der Waals surface area (Å²) in [6.07, 6.45) is 6.64. The van der Waals surface area contributed by atoms with Crippen LogP contribution in [0.3, 0.4) is 0 Å². The molecule has 0 radical (unpaired) electrons. The minimum atomic E-state index is -0.402. The van der Waals surface area contributed by atoms with Gasteiger partial charge in [-0.05, 0) is 12.5 Å². The summed E-state index contributed by atoms with van der Waals surface area (Å²) in [5, 5.41) is 18.0. The van der Waals surface area contributed by atoms with Crippen molar-refractivity contribution < 1.29 is 5.11 Å². The molecule has 17 heavy (non-hydrogen) atoms. The van der Waals surface area contributed by atoms with E-state index in [1.54, 1.807) is 12.4 Å². The number of nitrogens with zero attached hydrogens (tertiary/aromatic N) is 4. The molecule has 0 fully saturated rings. The predicted octanol–water partition coefficient (Wildman–Crippen LogP) is 1.30. The number of aromatic nitrogens is 4.